The number of piperidine rings is 1. The average Bonchev–Trinajstić information content (AvgIpc) is 3.04. The molecule has 3 N–H and O–H groups in total. The van der Waals surface area contributed by atoms with Gasteiger partial charge >= 0.3 is 0 Å². The topological polar surface area (TPSA) is 88.9 Å². The molecule has 1 unspecified atom stereocenters. The monoisotopic (exact) mass is 367 g/mol. The Bertz CT molecular complexity index is 968. The lowest BCUT2D eigenvalue weighted by molar-refractivity contribution is 0.198. The molecule has 142 valence electrons. The maximum absolute atomic E-state index is 9.78. The summed E-state index contributed by atoms with van der Waals surface area (Å²) in [5.41, 5.74) is 10.1. The van der Waals surface area contributed by atoms with Crippen molar-refractivity contribution in [1.29, 1.82) is 0 Å². The van der Waals surface area contributed by atoms with E-state index in [0.29, 0.717) is 17.5 Å². The van der Waals surface area contributed by atoms with Gasteiger partial charge < -0.3 is 15.6 Å². The van der Waals surface area contributed by atoms with Crippen molar-refractivity contribution in [2.75, 3.05) is 25.9 Å². The van der Waals surface area contributed by atoms with E-state index in [1.807, 2.05) is 31.2 Å². The van der Waals surface area contributed by atoms with Crippen LogP contribution < -0.4 is 10.5 Å². The lowest BCUT2D eigenvalue weighted by Gasteiger charge is -2.32. The summed E-state index contributed by atoms with van der Waals surface area (Å²) in [5, 5.41) is 14.2. The summed E-state index contributed by atoms with van der Waals surface area (Å²) in [5.74, 6) is 1.66. The molecule has 0 spiro atoms. The Morgan fingerprint density at radius 2 is 2.15 bits per heavy atom. The van der Waals surface area contributed by atoms with Crippen molar-refractivity contribution in [3.05, 3.63) is 47.3 Å². The van der Waals surface area contributed by atoms with Crippen LogP contribution in [0.2, 0.25) is 0 Å². The predicted molar refractivity (Wildman–Crippen MR) is 104 cm³/mol. The first-order valence-corrected chi connectivity index (χ1v) is 9.24. The quantitative estimate of drug-likeness (QED) is 0.737. The zero-order chi connectivity index (χ0) is 19.0. The molecule has 3 heterocycles. The zero-order valence-electron chi connectivity index (χ0n) is 15.7. The van der Waals surface area contributed by atoms with Gasteiger partial charge in [-0.3, -0.25) is 4.90 Å². The molecular formula is C20H25N5O2. The van der Waals surface area contributed by atoms with Crippen molar-refractivity contribution in [3.63, 3.8) is 0 Å². The van der Waals surface area contributed by atoms with Gasteiger partial charge in [0.15, 0.2) is 17.1 Å². The molecule has 0 amide bonds. The second kappa shape index (κ2) is 7.08. The first-order valence-electron chi connectivity index (χ1n) is 9.24. The number of aryl methyl sites for hydroxylation is 1. The van der Waals surface area contributed by atoms with Gasteiger partial charge in [0.1, 0.15) is 5.82 Å². The maximum atomic E-state index is 9.78. The van der Waals surface area contributed by atoms with E-state index in [-0.39, 0.29) is 5.75 Å². The predicted octanol–water partition coefficient (Wildman–Crippen LogP) is 2.71. The molecule has 7 nitrogen and oxygen atoms in total. The van der Waals surface area contributed by atoms with E-state index in [0.717, 1.165) is 55.1 Å². The molecule has 1 aromatic carbocycles. The molecule has 0 bridgehead atoms. The fourth-order valence-corrected chi connectivity index (χ4v) is 3.86. The number of hydrogen-bond acceptors (Lipinski definition) is 6. The number of likely N-dealkylation sites (tertiary alicyclic amines) is 1. The van der Waals surface area contributed by atoms with Crippen molar-refractivity contribution in [2.24, 2.45) is 0 Å². The van der Waals surface area contributed by atoms with E-state index in [4.69, 9.17) is 15.5 Å². The van der Waals surface area contributed by atoms with Crippen LogP contribution in [-0.2, 0) is 6.54 Å². The van der Waals surface area contributed by atoms with E-state index in [9.17, 15) is 5.11 Å². The molecule has 3 aromatic rings. The molecule has 7 heteroatoms. The van der Waals surface area contributed by atoms with Crippen LogP contribution in [0.25, 0.3) is 5.65 Å². The summed E-state index contributed by atoms with van der Waals surface area (Å²) in [6.07, 6.45) is 2.22. The van der Waals surface area contributed by atoms with Crippen molar-refractivity contribution in [2.45, 2.75) is 32.2 Å². The summed E-state index contributed by atoms with van der Waals surface area (Å²) in [6.45, 7) is 4.74. The highest BCUT2D eigenvalue weighted by Crippen LogP contribution is 2.30. The number of fused-ring (bicyclic) bond motifs is 1. The summed E-state index contributed by atoms with van der Waals surface area (Å²) in [6, 6.07) is 9.45. The number of methoxy groups -OCH3 is 1. The number of aromatic hydroxyl groups is 1. The Morgan fingerprint density at radius 3 is 2.96 bits per heavy atom. The maximum Gasteiger partial charge on any atom is 0.160 e. The van der Waals surface area contributed by atoms with Gasteiger partial charge in [-0.15, -0.1) is 0 Å². The number of rotatable bonds is 4. The smallest absolute Gasteiger partial charge is 0.160 e. The Labute approximate surface area is 158 Å². The molecule has 0 aliphatic carbocycles. The lowest BCUT2D eigenvalue weighted by atomic mass is 9.94. The minimum absolute atomic E-state index is 0.168. The molecule has 27 heavy (non-hydrogen) atoms. The van der Waals surface area contributed by atoms with Crippen molar-refractivity contribution in [1.82, 2.24) is 19.5 Å². The third-order valence-electron chi connectivity index (χ3n) is 5.17. The standard InChI is InChI=1S/C20H25N5O2/c1-13-8-20-22-16(10-19(21)25(20)23-13)15-4-3-7-24(12-15)11-14-5-6-17(26)18(9-14)27-2/h5-6,8-10,15,26H,3-4,7,11-12,21H2,1-2H3. The third-order valence-corrected chi connectivity index (χ3v) is 5.17. The largest absolute Gasteiger partial charge is 0.504 e. The number of nitrogens with zero attached hydrogens (tertiary/aromatic N) is 4. The van der Waals surface area contributed by atoms with Crippen LogP contribution in [0, 0.1) is 6.92 Å². The zero-order valence-corrected chi connectivity index (χ0v) is 15.7. The lowest BCUT2D eigenvalue weighted by Crippen LogP contribution is -2.34. The number of nitrogens with two attached hydrogens (primary N) is 1. The fraction of sp³-hybridized carbons (Fsp3) is 0.400. The molecule has 1 saturated heterocycles. The van der Waals surface area contributed by atoms with E-state index < -0.39 is 0 Å². The number of nitrogen functional groups attached to an aromatic ring is 1. The SMILES string of the molecule is COc1cc(CN2CCCC(c3cc(N)n4nc(C)cc4n3)C2)ccc1O. The van der Waals surface area contributed by atoms with Crippen LogP contribution in [0.4, 0.5) is 5.82 Å². The average molecular weight is 367 g/mol. The van der Waals surface area contributed by atoms with E-state index in [1.165, 1.54) is 0 Å². The summed E-state index contributed by atoms with van der Waals surface area (Å²) in [7, 11) is 1.57. The minimum Gasteiger partial charge on any atom is -0.504 e. The minimum atomic E-state index is 0.168. The van der Waals surface area contributed by atoms with E-state index in [1.54, 1.807) is 17.7 Å². The normalized spacial score (nSPS) is 18.1. The van der Waals surface area contributed by atoms with Gasteiger partial charge in [0.25, 0.3) is 0 Å². The highest BCUT2D eigenvalue weighted by atomic mass is 16.5. The second-order valence-corrected chi connectivity index (χ2v) is 7.24. The van der Waals surface area contributed by atoms with Gasteiger partial charge in [-0.1, -0.05) is 6.07 Å². The molecule has 1 fully saturated rings. The van der Waals surface area contributed by atoms with Crippen LogP contribution in [0.5, 0.6) is 11.5 Å². The highest BCUT2D eigenvalue weighted by molar-refractivity contribution is 5.48. The molecule has 0 saturated carbocycles. The Morgan fingerprint density at radius 1 is 1.30 bits per heavy atom. The summed E-state index contributed by atoms with van der Waals surface area (Å²) in [4.78, 5) is 7.22. The van der Waals surface area contributed by atoms with E-state index >= 15 is 0 Å². The van der Waals surface area contributed by atoms with Crippen LogP contribution >= 0.6 is 0 Å². The number of anilines is 1. The van der Waals surface area contributed by atoms with Gasteiger partial charge in [-0.25, -0.2) is 4.98 Å². The summed E-state index contributed by atoms with van der Waals surface area (Å²) >= 11 is 0. The van der Waals surface area contributed by atoms with Crippen molar-refractivity contribution >= 4 is 11.5 Å². The van der Waals surface area contributed by atoms with Crippen molar-refractivity contribution < 1.29 is 9.84 Å². The first kappa shape index (κ1) is 17.6. The number of benzene rings is 1. The highest BCUT2D eigenvalue weighted by Gasteiger charge is 2.24. The van der Waals surface area contributed by atoms with Crippen LogP contribution in [0.3, 0.4) is 0 Å². The molecule has 1 aliphatic rings. The Hall–Kier alpha value is -2.80. The fourth-order valence-electron chi connectivity index (χ4n) is 3.86. The number of phenolic OH excluding ortho intramolecular Hbond substituents is 1. The molecule has 4 rings (SSSR count). The third kappa shape index (κ3) is 3.55. The van der Waals surface area contributed by atoms with Crippen LogP contribution in [0.15, 0.2) is 30.3 Å². The number of ether oxygens (including phenoxy) is 1. The van der Waals surface area contributed by atoms with Gasteiger partial charge in [-0.2, -0.15) is 9.61 Å². The Balaban J connectivity index is 1.53. The van der Waals surface area contributed by atoms with Crippen LogP contribution in [0.1, 0.15) is 35.7 Å². The first-order chi connectivity index (χ1) is 13.0. The molecule has 1 atom stereocenters. The molecule has 0 radical (unpaired) electrons. The van der Waals surface area contributed by atoms with Crippen LogP contribution in [-0.4, -0.2) is 44.8 Å². The van der Waals surface area contributed by atoms with Gasteiger partial charge in [-0.05, 0) is 44.0 Å². The summed E-state index contributed by atoms with van der Waals surface area (Å²) < 4.78 is 6.92. The van der Waals surface area contributed by atoms with E-state index in [2.05, 4.69) is 10.00 Å². The number of hydrogen-bond donors (Lipinski definition) is 2. The number of aromatic nitrogens is 3. The van der Waals surface area contributed by atoms with Gasteiger partial charge in [0.05, 0.1) is 18.5 Å². The molecular weight excluding hydrogens is 342 g/mol. The molecule has 2 aromatic heterocycles. The van der Waals surface area contributed by atoms with Crippen molar-refractivity contribution in [3.8, 4) is 11.5 Å². The van der Waals surface area contributed by atoms with Gasteiger partial charge in [0.2, 0.25) is 0 Å². The van der Waals surface area contributed by atoms with Gasteiger partial charge in [0, 0.05) is 31.1 Å². The molecule has 1 aliphatic heterocycles. The number of phenols is 1. The second-order valence-electron chi connectivity index (χ2n) is 7.24. The Kier molecular flexibility index (Phi) is 4.61.